The number of esters is 1. The maximum absolute atomic E-state index is 11.3. The average molecular weight is 248 g/mol. The first-order valence-electron chi connectivity index (χ1n) is 6.23. The van der Waals surface area contributed by atoms with Gasteiger partial charge in [-0.15, -0.1) is 0 Å². The molecular weight excluding hydrogens is 226 g/mol. The molecule has 1 aliphatic heterocycles. The van der Waals surface area contributed by atoms with Crippen molar-refractivity contribution in [3.8, 4) is 0 Å². The Hall–Kier alpha value is -0.280. The third-order valence-corrected chi connectivity index (χ3v) is 3.70. The zero-order valence-corrected chi connectivity index (χ0v) is 11.0. The van der Waals surface area contributed by atoms with Crippen LogP contribution >= 0.6 is 11.8 Å². The highest BCUT2D eigenvalue weighted by atomic mass is 35.5. The summed E-state index contributed by atoms with van der Waals surface area (Å²) >= 11 is 6.01. The zero-order valence-electron chi connectivity index (χ0n) is 10.2. The molecule has 0 saturated carbocycles. The number of carbonyl (C=O) groups excluding carboxylic acids is 1. The zero-order chi connectivity index (χ0) is 12.0. The molecule has 0 aromatic carbocycles. The number of nitrogens with zero attached hydrogens (tertiary/aromatic N) is 1. The lowest BCUT2D eigenvalue weighted by atomic mass is 9.81. The van der Waals surface area contributed by atoms with E-state index >= 15 is 0 Å². The third kappa shape index (κ3) is 4.30. The summed E-state index contributed by atoms with van der Waals surface area (Å²) in [6.07, 6.45) is 3.73. The van der Waals surface area contributed by atoms with Gasteiger partial charge in [0.1, 0.15) is 0 Å². The Kier molecular flexibility index (Phi) is 6.14. The van der Waals surface area contributed by atoms with Gasteiger partial charge in [-0.25, -0.2) is 4.42 Å². The molecule has 1 saturated heterocycles. The van der Waals surface area contributed by atoms with Crippen LogP contribution in [-0.4, -0.2) is 30.1 Å². The van der Waals surface area contributed by atoms with Crippen LogP contribution in [0.15, 0.2) is 0 Å². The first kappa shape index (κ1) is 13.8. The maximum atomic E-state index is 11.3. The van der Waals surface area contributed by atoms with E-state index in [4.69, 9.17) is 16.5 Å². The van der Waals surface area contributed by atoms with E-state index in [1.807, 2.05) is 11.3 Å². The number of rotatable bonds is 5. The minimum absolute atomic E-state index is 0.0642. The van der Waals surface area contributed by atoms with Crippen molar-refractivity contribution in [2.24, 2.45) is 11.8 Å². The maximum Gasteiger partial charge on any atom is 0.305 e. The molecule has 0 bridgehead atoms. The highest BCUT2D eigenvalue weighted by Gasteiger charge is 2.27. The van der Waals surface area contributed by atoms with Crippen molar-refractivity contribution in [1.29, 1.82) is 0 Å². The van der Waals surface area contributed by atoms with E-state index in [0.29, 0.717) is 24.9 Å². The molecule has 1 rings (SSSR count). The van der Waals surface area contributed by atoms with Gasteiger partial charge in [0.25, 0.3) is 0 Å². The van der Waals surface area contributed by atoms with Crippen LogP contribution in [0.1, 0.15) is 39.5 Å². The molecule has 4 heteroatoms. The van der Waals surface area contributed by atoms with E-state index in [1.54, 1.807) is 0 Å². The van der Waals surface area contributed by atoms with E-state index in [-0.39, 0.29) is 5.97 Å². The smallest absolute Gasteiger partial charge is 0.305 e. The normalized spacial score (nSPS) is 26.7. The standard InChI is InChI=1S/C12H22ClNO2/c1-3-10-9-14(13)8-7-11(10)5-6-12(15)16-4-2/h10-11H,3-9H2,1-2H3/t10-,11+/m1/s1. The Labute approximate surface area is 103 Å². The van der Waals surface area contributed by atoms with Gasteiger partial charge < -0.3 is 4.74 Å². The van der Waals surface area contributed by atoms with Crippen LogP contribution in [0.25, 0.3) is 0 Å². The highest BCUT2D eigenvalue weighted by molar-refractivity contribution is 6.13. The second kappa shape index (κ2) is 7.13. The molecule has 2 atom stereocenters. The molecule has 0 aromatic rings. The topological polar surface area (TPSA) is 29.5 Å². The first-order chi connectivity index (χ1) is 7.67. The second-order valence-electron chi connectivity index (χ2n) is 4.43. The second-order valence-corrected chi connectivity index (χ2v) is 4.91. The summed E-state index contributed by atoms with van der Waals surface area (Å²) in [5.74, 6) is 1.19. The Morgan fingerprint density at radius 2 is 2.19 bits per heavy atom. The van der Waals surface area contributed by atoms with Gasteiger partial charge in [0.2, 0.25) is 0 Å². The van der Waals surface area contributed by atoms with E-state index in [1.165, 1.54) is 0 Å². The van der Waals surface area contributed by atoms with Crippen molar-refractivity contribution in [2.75, 3.05) is 19.7 Å². The summed E-state index contributed by atoms with van der Waals surface area (Å²) in [5, 5.41) is 0. The number of hydrogen-bond donors (Lipinski definition) is 0. The fourth-order valence-electron chi connectivity index (χ4n) is 2.42. The molecule has 94 valence electrons. The molecule has 1 aliphatic rings. The van der Waals surface area contributed by atoms with Crippen LogP contribution in [0, 0.1) is 11.8 Å². The number of halogens is 1. The van der Waals surface area contributed by atoms with Crippen molar-refractivity contribution >= 4 is 17.7 Å². The van der Waals surface area contributed by atoms with Crippen LogP contribution in [0.5, 0.6) is 0 Å². The predicted octanol–water partition coefficient (Wildman–Crippen LogP) is 2.83. The lowest BCUT2D eigenvalue weighted by Gasteiger charge is -2.34. The largest absolute Gasteiger partial charge is 0.466 e. The molecular formula is C12H22ClNO2. The number of ether oxygens (including phenoxy) is 1. The molecule has 1 fully saturated rings. The highest BCUT2D eigenvalue weighted by Crippen LogP contribution is 2.30. The Morgan fingerprint density at radius 3 is 2.81 bits per heavy atom. The average Bonchev–Trinajstić information content (AvgIpc) is 2.27. The summed E-state index contributed by atoms with van der Waals surface area (Å²) in [6.45, 7) is 6.41. The van der Waals surface area contributed by atoms with Gasteiger partial charge in [-0.05, 0) is 43.4 Å². The molecule has 0 aromatic heterocycles. The molecule has 3 nitrogen and oxygen atoms in total. The van der Waals surface area contributed by atoms with Gasteiger partial charge in [0.05, 0.1) is 6.61 Å². The summed E-state index contributed by atoms with van der Waals surface area (Å²) in [6, 6.07) is 0. The first-order valence-corrected chi connectivity index (χ1v) is 6.57. The lowest BCUT2D eigenvalue weighted by molar-refractivity contribution is -0.143. The predicted molar refractivity (Wildman–Crippen MR) is 65.2 cm³/mol. The van der Waals surface area contributed by atoms with Crippen LogP contribution in [-0.2, 0) is 9.53 Å². The van der Waals surface area contributed by atoms with Gasteiger partial charge >= 0.3 is 5.97 Å². The van der Waals surface area contributed by atoms with Crippen molar-refractivity contribution in [1.82, 2.24) is 4.42 Å². The summed E-state index contributed by atoms with van der Waals surface area (Å²) in [7, 11) is 0. The van der Waals surface area contributed by atoms with Gasteiger partial charge in [0, 0.05) is 19.5 Å². The minimum atomic E-state index is -0.0642. The fraction of sp³-hybridized carbons (Fsp3) is 0.917. The number of carbonyl (C=O) groups is 1. The van der Waals surface area contributed by atoms with Crippen molar-refractivity contribution in [3.63, 3.8) is 0 Å². The van der Waals surface area contributed by atoms with Crippen LogP contribution in [0.4, 0.5) is 0 Å². The van der Waals surface area contributed by atoms with Crippen LogP contribution < -0.4 is 0 Å². The van der Waals surface area contributed by atoms with Gasteiger partial charge in [-0.3, -0.25) is 4.79 Å². The number of piperidine rings is 1. The van der Waals surface area contributed by atoms with Gasteiger partial charge in [-0.1, -0.05) is 13.3 Å². The minimum Gasteiger partial charge on any atom is -0.466 e. The summed E-state index contributed by atoms with van der Waals surface area (Å²) in [4.78, 5) is 11.3. The monoisotopic (exact) mass is 247 g/mol. The molecule has 0 N–H and O–H groups in total. The van der Waals surface area contributed by atoms with Crippen molar-refractivity contribution in [3.05, 3.63) is 0 Å². The number of hydrogen-bond acceptors (Lipinski definition) is 3. The van der Waals surface area contributed by atoms with Crippen molar-refractivity contribution in [2.45, 2.75) is 39.5 Å². The SMILES string of the molecule is CCOC(=O)CC[C@H]1CCN(Cl)C[C@H]1CC. The van der Waals surface area contributed by atoms with Crippen molar-refractivity contribution < 1.29 is 9.53 Å². The van der Waals surface area contributed by atoms with Gasteiger partial charge in [-0.2, -0.15) is 0 Å². The lowest BCUT2D eigenvalue weighted by Crippen LogP contribution is -2.35. The van der Waals surface area contributed by atoms with Crippen LogP contribution in [0.3, 0.4) is 0 Å². The quantitative estimate of drug-likeness (QED) is 0.553. The van der Waals surface area contributed by atoms with E-state index < -0.39 is 0 Å². The molecule has 0 spiro atoms. The van der Waals surface area contributed by atoms with Gasteiger partial charge in [0.15, 0.2) is 0 Å². The third-order valence-electron chi connectivity index (χ3n) is 3.39. The Morgan fingerprint density at radius 1 is 1.44 bits per heavy atom. The Balaban J connectivity index is 2.31. The fourth-order valence-corrected chi connectivity index (χ4v) is 2.69. The molecule has 1 heterocycles. The summed E-state index contributed by atoms with van der Waals surface area (Å²) < 4.78 is 6.82. The van der Waals surface area contributed by atoms with E-state index in [2.05, 4.69) is 6.92 Å². The molecule has 0 radical (unpaired) electrons. The van der Waals surface area contributed by atoms with E-state index in [0.717, 1.165) is 32.4 Å². The molecule has 0 amide bonds. The molecule has 16 heavy (non-hydrogen) atoms. The molecule has 0 unspecified atom stereocenters. The Bertz CT molecular complexity index is 223. The van der Waals surface area contributed by atoms with Crippen LogP contribution in [0.2, 0.25) is 0 Å². The summed E-state index contributed by atoms with van der Waals surface area (Å²) in [5.41, 5.74) is 0. The van der Waals surface area contributed by atoms with E-state index in [9.17, 15) is 4.79 Å². The molecule has 0 aliphatic carbocycles.